The third-order valence-corrected chi connectivity index (χ3v) is 5.55. The van der Waals surface area contributed by atoms with Crippen LogP contribution in [0, 0.1) is 0 Å². The quantitative estimate of drug-likeness (QED) is 0.723. The van der Waals surface area contributed by atoms with E-state index in [1.165, 1.54) is 11.0 Å². The molecule has 2 heterocycles. The molecule has 2 aromatic rings. The first-order valence-electron chi connectivity index (χ1n) is 8.39. The molecule has 0 bridgehead atoms. The van der Waals surface area contributed by atoms with Gasteiger partial charge in [0.15, 0.2) is 0 Å². The van der Waals surface area contributed by atoms with Gasteiger partial charge in [-0.25, -0.2) is 0 Å². The lowest BCUT2D eigenvalue weighted by Gasteiger charge is -2.34. The first kappa shape index (κ1) is 19.4. The Morgan fingerprint density at radius 2 is 2.00 bits per heavy atom. The first-order valence-corrected chi connectivity index (χ1v) is 10.0. The van der Waals surface area contributed by atoms with Crippen LogP contribution < -0.4 is 5.32 Å². The third kappa shape index (κ3) is 5.56. The predicted octanol–water partition coefficient (Wildman–Crippen LogP) is 4.26. The van der Waals surface area contributed by atoms with Crippen molar-refractivity contribution in [2.75, 3.05) is 32.8 Å². The molecule has 1 aliphatic rings. The van der Waals surface area contributed by atoms with Crippen molar-refractivity contribution in [1.29, 1.82) is 0 Å². The Hall–Kier alpha value is -1.37. The fourth-order valence-electron chi connectivity index (χ4n) is 2.88. The van der Waals surface area contributed by atoms with Crippen LogP contribution in [0.25, 0.3) is 6.08 Å². The monoisotopic (exact) mass is 410 g/mol. The predicted molar refractivity (Wildman–Crippen MR) is 108 cm³/mol. The Labute approximate surface area is 167 Å². The number of halogens is 2. The molecule has 26 heavy (non-hydrogen) atoms. The molecular weight excluding hydrogens is 391 g/mol. The van der Waals surface area contributed by atoms with Gasteiger partial charge >= 0.3 is 0 Å². The van der Waals surface area contributed by atoms with Crippen molar-refractivity contribution in [3.05, 3.63) is 62.3 Å². The molecule has 1 saturated heterocycles. The number of hydrogen-bond acceptors (Lipinski definition) is 4. The molecule has 3 rings (SSSR count). The second-order valence-corrected chi connectivity index (χ2v) is 7.81. The maximum absolute atomic E-state index is 12.2. The first-order chi connectivity index (χ1) is 12.6. The SMILES string of the molecule is O=C(/C=C/c1cc(Cl)cc(Cl)c1)NCC(c1cccs1)N1CCOCC1. The van der Waals surface area contributed by atoms with Crippen molar-refractivity contribution in [3.8, 4) is 0 Å². The molecule has 1 aliphatic heterocycles. The smallest absolute Gasteiger partial charge is 0.244 e. The van der Waals surface area contributed by atoms with Gasteiger partial charge in [0.05, 0.1) is 19.3 Å². The van der Waals surface area contributed by atoms with Gasteiger partial charge < -0.3 is 10.1 Å². The summed E-state index contributed by atoms with van der Waals surface area (Å²) in [4.78, 5) is 15.8. The van der Waals surface area contributed by atoms with Crippen molar-refractivity contribution >= 4 is 46.5 Å². The Morgan fingerprint density at radius 3 is 2.65 bits per heavy atom. The maximum Gasteiger partial charge on any atom is 0.244 e. The lowest BCUT2D eigenvalue weighted by Crippen LogP contribution is -2.43. The van der Waals surface area contributed by atoms with Gasteiger partial charge in [-0.2, -0.15) is 0 Å². The van der Waals surface area contributed by atoms with Crippen LogP contribution in [-0.2, 0) is 9.53 Å². The topological polar surface area (TPSA) is 41.6 Å². The van der Waals surface area contributed by atoms with E-state index in [1.54, 1.807) is 35.6 Å². The van der Waals surface area contributed by atoms with Crippen LogP contribution in [0.4, 0.5) is 0 Å². The van der Waals surface area contributed by atoms with E-state index in [4.69, 9.17) is 27.9 Å². The second kappa shape index (κ2) is 9.53. The normalized spacial score (nSPS) is 16.7. The summed E-state index contributed by atoms with van der Waals surface area (Å²) in [6, 6.07) is 9.50. The van der Waals surface area contributed by atoms with Crippen LogP contribution in [-0.4, -0.2) is 43.7 Å². The van der Waals surface area contributed by atoms with E-state index in [2.05, 4.69) is 21.7 Å². The lowest BCUT2D eigenvalue weighted by molar-refractivity contribution is -0.116. The zero-order chi connectivity index (χ0) is 18.4. The molecule has 1 N–H and O–H groups in total. The fraction of sp³-hybridized carbons (Fsp3) is 0.316. The molecule has 1 fully saturated rings. The molecule has 0 radical (unpaired) electrons. The standard InChI is InChI=1S/C19H20Cl2N2O2S/c20-15-10-14(11-16(21)12-15)3-4-19(24)22-13-17(18-2-1-9-26-18)23-5-7-25-8-6-23/h1-4,9-12,17H,5-8,13H2,(H,22,24)/b4-3+. The van der Waals surface area contributed by atoms with Gasteiger partial charge in [-0.05, 0) is 41.3 Å². The fourth-order valence-corrected chi connectivity index (χ4v) is 4.28. The van der Waals surface area contributed by atoms with E-state index >= 15 is 0 Å². The van der Waals surface area contributed by atoms with Gasteiger partial charge in [-0.1, -0.05) is 29.3 Å². The van der Waals surface area contributed by atoms with Crippen molar-refractivity contribution in [2.24, 2.45) is 0 Å². The average Bonchev–Trinajstić information content (AvgIpc) is 3.15. The van der Waals surface area contributed by atoms with Crippen molar-refractivity contribution in [3.63, 3.8) is 0 Å². The zero-order valence-corrected chi connectivity index (χ0v) is 16.5. The second-order valence-electron chi connectivity index (χ2n) is 5.96. The van der Waals surface area contributed by atoms with Gasteiger partial charge in [-0.3, -0.25) is 9.69 Å². The number of nitrogens with zero attached hydrogens (tertiary/aromatic N) is 1. The highest BCUT2D eigenvalue weighted by molar-refractivity contribution is 7.10. The summed E-state index contributed by atoms with van der Waals surface area (Å²) in [5.74, 6) is -0.143. The molecule has 0 aliphatic carbocycles. The highest BCUT2D eigenvalue weighted by Crippen LogP contribution is 2.25. The number of nitrogens with one attached hydrogen (secondary N) is 1. The molecular formula is C19H20Cl2N2O2S. The summed E-state index contributed by atoms with van der Waals surface area (Å²) in [5, 5.41) is 6.15. The minimum atomic E-state index is -0.143. The number of rotatable bonds is 6. The van der Waals surface area contributed by atoms with E-state index in [0.29, 0.717) is 16.6 Å². The summed E-state index contributed by atoms with van der Waals surface area (Å²) in [6.07, 6.45) is 3.22. The van der Waals surface area contributed by atoms with Crippen LogP contribution in [0.5, 0.6) is 0 Å². The van der Waals surface area contributed by atoms with Gasteiger partial charge in [-0.15, -0.1) is 11.3 Å². The number of hydrogen-bond donors (Lipinski definition) is 1. The zero-order valence-electron chi connectivity index (χ0n) is 14.2. The van der Waals surface area contributed by atoms with E-state index in [-0.39, 0.29) is 11.9 Å². The number of benzene rings is 1. The van der Waals surface area contributed by atoms with Crippen LogP contribution >= 0.6 is 34.5 Å². The molecule has 138 valence electrons. The Balaban J connectivity index is 1.61. The van der Waals surface area contributed by atoms with Crippen LogP contribution in [0.1, 0.15) is 16.5 Å². The van der Waals surface area contributed by atoms with E-state index in [9.17, 15) is 4.79 Å². The Bertz CT molecular complexity index is 739. The summed E-state index contributed by atoms with van der Waals surface area (Å²) >= 11 is 13.7. The summed E-state index contributed by atoms with van der Waals surface area (Å²) < 4.78 is 5.44. The average molecular weight is 411 g/mol. The van der Waals surface area contributed by atoms with Gasteiger partial charge in [0.2, 0.25) is 5.91 Å². The molecule has 7 heteroatoms. The van der Waals surface area contributed by atoms with Crippen molar-refractivity contribution in [1.82, 2.24) is 10.2 Å². The molecule has 1 aromatic carbocycles. The Kier molecular flexibility index (Phi) is 7.11. The van der Waals surface area contributed by atoms with Gasteiger partial charge in [0.1, 0.15) is 0 Å². The molecule has 1 aromatic heterocycles. The van der Waals surface area contributed by atoms with Gasteiger partial charge in [0.25, 0.3) is 0 Å². The summed E-state index contributed by atoms with van der Waals surface area (Å²) in [6.45, 7) is 3.75. The molecule has 1 atom stereocenters. The third-order valence-electron chi connectivity index (χ3n) is 4.14. The Morgan fingerprint density at radius 1 is 1.27 bits per heavy atom. The number of carbonyl (C=O) groups excluding carboxylic acids is 1. The largest absolute Gasteiger partial charge is 0.379 e. The number of morpholine rings is 1. The highest BCUT2D eigenvalue weighted by Gasteiger charge is 2.23. The van der Waals surface area contributed by atoms with E-state index < -0.39 is 0 Å². The highest BCUT2D eigenvalue weighted by atomic mass is 35.5. The minimum absolute atomic E-state index is 0.143. The molecule has 0 spiro atoms. The number of ether oxygens (including phenoxy) is 1. The van der Waals surface area contributed by atoms with Crippen LogP contribution in [0.2, 0.25) is 10.0 Å². The molecule has 1 unspecified atom stereocenters. The van der Waals surface area contributed by atoms with Crippen molar-refractivity contribution in [2.45, 2.75) is 6.04 Å². The molecule has 0 saturated carbocycles. The molecule has 1 amide bonds. The van der Waals surface area contributed by atoms with Crippen LogP contribution in [0.3, 0.4) is 0 Å². The maximum atomic E-state index is 12.2. The van der Waals surface area contributed by atoms with E-state index in [0.717, 1.165) is 31.9 Å². The lowest BCUT2D eigenvalue weighted by atomic mass is 10.2. The van der Waals surface area contributed by atoms with Crippen LogP contribution in [0.15, 0.2) is 41.8 Å². The number of carbonyl (C=O) groups is 1. The summed E-state index contributed by atoms with van der Waals surface area (Å²) in [7, 11) is 0. The van der Waals surface area contributed by atoms with E-state index in [1.807, 2.05) is 6.07 Å². The molecule has 4 nitrogen and oxygen atoms in total. The van der Waals surface area contributed by atoms with Gasteiger partial charge in [0, 0.05) is 40.6 Å². The number of thiophene rings is 1. The number of amides is 1. The van der Waals surface area contributed by atoms with Crippen molar-refractivity contribution < 1.29 is 9.53 Å². The summed E-state index contributed by atoms with van der Waals surface area (Å²) in [5.41, 5.74) is 0.792. The minimum Gasteiger partial charge on any atom is -0.379 e.